The number of rotatable bonds is 7. The van der Waals surface area contributed by atoms with Gasteiger partial charge in [0.2, 0.25) is 0 Å². The van der Waals surface area contributed by atoms with Gasteiger partial charge in [-0.2, -0.15) is 0 Å². The second-order valence-electron chi connectivity index (χ2n) is 5.51. The van der Waals surface area contributed by atoms with Gasteiger partial charge in [-0.3, -0.25) is 9.20 Å². The molecule has 0 saturated heterocycles. The predicted molar refractivity (Wildman–Crippen MR) is 86.0 cm³/mol. The molecule has 0 unspecified atom stereocenters. The van der Waals surface area contributed by atoms with Gasteiger partial charge in [0, 0.05) is 19.3 Å². The molecule has 0 bridgehead atoms. The zero-order valence-corrected chi connectivity index (χ0v) is 13.4. The average Bonchev–Trinajstić information content (AvgIpc) is 2.90. The second-order valence-corrected chi connectivity index (χ2v) is 5.51. The van der Waals surface area contributed by atoms with Crippen molar-refractivity contribution in [2.24, 2.45) is 5.73 Å². The van der Waals surface area contributed by atoms with Crippen LogP contribution in [0.3, 0.4) is 0 Å². The van der Waals surface area contributed by atoms with E-state index in [1.165, 1.54) is 0 Å². The molecule has 22 heavy (non-hydrogen) atoms. The van der Waals surface area contributed by atoms with Crippen LogP contribution in [-0.2, 0) is 11.3 Å². The summed E-state index contributed by atoms with van der Waals surface area (Å²) in [6, 6.07) is 3.69. The molecule has 0 atom stereocenters. The summed E-state index contributed by atoms with van der Waals surface area (Å²) >= 11 is 0. The number of imidazole rings is 1. The van der Waals surface area contributed by atoms with E-state index in [0.717, 1.165) is 17.8 Å². The molecule has 120 valence electrons. The molecule has 1 amide bonds. The van der Waals surface area contributed by atoms with Crippen molar-refractivity contribution in [3.05, 3.63) is 29.7 Å². The zero-order chi connectivity index (χ0) is 16.1. The molecule has 0 saturated carbocycles. The van der Waals surface area contributed by atoms with E-state index in [9.17, 15) is 4.79 Å². The van der Waals surface area contributed by atoms with Gasteiger partial charge in [0.25, 0.3) is 5.91 Å². The second kappa shape index (κ2) is 7.26. The molecule has 0 radical (unpaired) electrons. The Hall–Kier alpha value is -2.08. The summed E-state index contributed by atoms with van der Waals surface area (Å²) in [5, 5.41) is 2.79. The smallest absolute Gasteiger partial charge is 0.257 e. The number of aromatic nitrogens is 2. The minimum atomic E-state index is -0.126. The lowest BCUT2D eigenvalue weighted by molar-refractivity contribution is -0.123. The SMILES string of the molecule is CCCNC(=O)COc1cccn2c(CN)c(C(C)C)nc12. The maximum Gasteiger partial charge on any atom is 0.257 e. The fraction of sp³-hybridized carbons (Fsp3) is 0.500. The predicted octanol–water partition coefficient (Wildman–Crippen LogP) is 1.82. The van der Waals surface area contributed by atoms with E-state index in [0.29, 0.717) is 24.5 Å². The highest BCUT2D eigenvalue weighted by Gasteiger charge is 2.16. The lowest BCUT2D eigenvalue weighted by Crippen LogP contribution is -2.29. The molecule has 0 aliphatic rings. The molecule has 6 nitrogen and oxygen atoms in total. The number of fused-ring (bicyclic) bond motifs is 1. The Balaban J connectivity index is 2.25. The van der Waals surface area contributed by atoms with Crippen molar-refractivity contribution in [2.75, 3.05) is 13.2 Å². The van der Waals surface area contributed by atoms with E-state index in [1.807, 2.05) is 29.7 Å². The molecular formula is C16H24N4O2. The van der Waals surface area contributed by atoms with E-state index in [-0.39, 0.29) is 18.4 Å². The van der Waals surface area contributed by atoms with Gasteiger partial charge in [0.05, 0.1) is 11.4 Å². The zero-order valence-electron chi connectivity index (χ0n) is 13.4. The minimum Gasteiger partial charge on any atom is -0.480 e. The van der Waals surface area contributed by atoms with E-state index < -0.39 is 0 Å². The van der Waals surface area contributed by atoms with Crippen LogP contribution in [0.5, 0.6) is 5.75 Å². The molecule has 0 aliphatic carbocycles. The lowest BCUT2D eigenvalue weighted by Gasteiger charge is -2.08. The molecule has 0 fully saturated rings. The number of nitrogens with zero attached hydrogens (tertiary/aromatic N) is 2. The molecule has 2 aromatic rings. The van der Waals surface area contributed by atoms with Crippen LogP contribution in [-0.4, -0.2) is 28.4 Å². The van der Waals surface area contributed by atoms with Gasteiger partial charge < -0.3 is 15.8 Å². The van der Waals surface area contributed by atoms with Crippen LogP contribution < -0.4 is 15.8 Å². The molecular weight excluding hydrogens is 280 g/mol. The number of nitrogens with one attached hydrogen (secondary N) is 1. The summed E-state index contributed by atoms with van der Waals surface area (Å²) in [5.41, 5.74) is 8.51. The van der Waals surface area contributed by atoms with Gasteiger partial charge in [-0.15, -0.1) is 0 Å². The quantitative estimate of drug-likeness (QED) is 0.817. The lowest BCUT2D eigenvalue weighted by atomic mass is 10.1. The Bertz CT molecular complexity index is 649. The maximum atomic E-state index is 11.7. The van der Waals surface area contributed by atoms with Crippen LogP contribution in [0.25, 0.3) is 5.65 Å². The molecule has 6 heteroatoms. The van der Waals surface area contributed by atoms with Gasteiger partial charge in [0.1, 0.15) is 0 Å². The fourth-order valence-corrected chi connectivity index (χ4v) is 2.35. The molecule has 0 spiro atoms. The topological polar surface area (TPSA) is 81.6 Å². The minimum absolute atomic E-state index is 0.0124. The largest absolute Gasteiger partial charge is 0.480 e. The molecule has 2 rings (SSSR count). The van der Waals surface area contributed by atoms with Crippen molar-refractivity contribution in [1.82, 2.24) is 14.7 Å². The van der Waals surface area contributed by atoms with Crippen molar-refractivity contribution < 1.29 is 9.53 Å². The Morgan fingerprint density at radius 1 is 1.50 bits per heavy atom. The van der Waals surface area contributed by atoms with Crippen molar-refractivity contribution in [3.63, 3.8) is 0 Å². The van der Waals surface area contributed by atoms with Gasteiger partial charge in [-0.25, -0.2) is 4.98 Å². The summed E-state index contributed by atoms with van der Waals surface area (Å²) in [4.78, 5) is 16.3. The first-order chi connectivity index (χ1) is 10.6. The number of hydrogen-bond donors (Lipinski definition) is 2. The first kappa shape index (κ1) is 16.3. The highest BCUT2D eigenvalue weighted by Crippen LogP contribution is 2.26. The van der Waals surface area contributed by atoms with Crippen LogP contribution in [0, 0.1) is 0 Å². The number of nitrogens with two attached hydrogens (primary N) is 1. The van der Waals surface area contributed by atoms with Gasteiger partial charge >= 0.3 is 0 Å². The Kier molecular flexibility index (Phi) is 5.38. The third-order valence-corrected chi connectivity index (χ3v) is 3.42. The van der Waals surface area contributed by atoms with Crippen molar-refractivity contribution in [1.29, 1.82) is 0 Å². The standard InChI is InChI=1S/C16H24N4O2/c1-4-7-18-14(21)10-22-13-6-5-8-20-12(9-17)15(11(2)3)19-16(13)20/h5-6,8,11H,4,7,9-10,17H2,1-3H3,(H,18,21). The number of hydrogen-bond acceptors (Lipinski definition) is 4. The normalized spacial score (nSPS) is 11.1. The summed E-state index contributed by atoms with van der Waals surface area (Å²) in [7, 11) is 0. The average molecular weight is 304 g/mol. The molecule has 0 aliphatic heterocycles. The number of carbonyl (C=O) groups is 1. The first-order valence-electron chi connectivity index (χ1n) is 7.67. The van der Waals surface area contributed by atoms with Crippen LogP contribution >= 0.6 is 0 Å². The molecule has 3 N–H and O–H groups in total. The van der Waals surface area contributed by atoms with Crippen LogP contribution in [0.1, 0.15) is 44.5 Å². The number of ether oxygens (including phenoxy) is 1. The fourth-order valence-electron chi connectivity index (χ4n) is 2.35. The van der Waals surface area contributed by atoms with Gasteiger partial charge in [-0.05, 0) is 24.5 Å². The Morgan fingerprint density at radius 3 is 2.91 bits per heavy atom. The summed E-state index contributed by atoms with van der Waals surface area (Å²) in [6.07, 6.45) is 2.82. The van der Waals surface area contributed by atoms with Crippen molar-refractivity contribution in [3.8, 4) is 5.75 Å². The third kappa shape index (κ3) is 3.39. The molecule has 0 aromatic carbocycles. The van der Waals surface area contributed by atoms with Crippen LogP contribution in [0.4, 0.5) is 0 Å². The van der Waals surface area contributed by atoms with Crippen LogP contribution in [0.15, 0.2) is 18.3 Å². The molecule has 2 heterocycles. The van der Waals surface area contributed by atoms with Gasteiger partial charge in [-0.1, -0.05) is 20.8 Å². The van der Waals surface area contributed by atoms with E-state index in [1.54, 1.807) is 0 Å². The third-order valence-electron chi connectivity index (χ3n) is 3.42. The van der Waals surface area contributed by atoms with Crippen molar-refractivity contribution >= 4 is 11.6 Å². The summed E-state index contributed by atoms with van der Waals surface area (Å²) < 4.78 is 7.57. The van der Waals surface area contributed by atoms with E-state index >= 15 is 0 Å². The van der Waals surface area contributed by atoms with Crippen LogP contribution in [0.2, 0.25) is 0 Å². The highest BCUT2D eigenvalue weighted by molar-refractivity contribution is 5.77. The summed E-state index contributed by atoms with van der Waals surface area (Å²) in [6.45, 7) is 7.23. The first-order valence-corrected chi connectivity index (χ1v) is 7.67. The van der Waals surface area contributed by atoms with Crippen molar-refractivity contribution in [2.45, 2.75) is 39.7 Å². The highest BCUT2D eigenvalue weighted by atomic mass is 16.5. The van der Waals surface area contributed by atoms with E-state index in [2.05, 4.69) is 24.1 Å². The van der Waals surface area contributed by atoms with E-state index in [4.69, 9.17) is 10.5 Å². The monoisotopic (exact) mass is 304 g/mol. The summed E-state index contributed by atoms with van der Waals surface area (Å²) in [5.74, 6) is 0.744. The Morgan fingerprint density at radius 2 is 2.27 bits per heavy atom. The number of amides is 1. The van der Waals surface area contributed by atoms with Gasteiger partial charge in [0.15, 0.2) is 18.0 Å². The molecule has 2 aromatic heterocycles. The maximum absolute atomic E-state index is 11.7. The number of carbonyl (C=O) groups excluding carboxylic acids is 1. The Labute approximate surface area is 130 Å². The number of pyridine rings is 1.